The molecule has 5 rings (SSSR count). The van der Waals surface area contributed by atoms with Crippen LogP contribution in [0.3, 0.4) is 0 Å². The zero-order valence-corrected chi connectivity index (χ0v) is 16.7. The van der Waals surface area contributed by atoms with Crippen molar-refractivity contribution in [3.63, 3.8) is 0 Å². The summed E-state index contributed by atoms with van der Waals surface area (Å²) in [4.78, 5) is 15.5. The molecular weight excluding hydrogens is 394 g/mol. The number of ether oxygens (including phenoxy) is 1. The van der Waals surface area contributed by atoms with Crippen molar-refractivity contribution in [2.45, 2.75) is 12.3 Å². The minimum atomic E-state index is -0.971. The first-order valence-electron chi connectivity index (χ1n) is 10.1. The van der Waals surface area contributed by atoms with Crippen LogP contribution in [0, 0.1) is 0 Å². The highest BCUT2D eigenvalue weighted by Crippen LogP contribution is 2.36. The van der Waals surface area contributed by atoms with Gasteiger partial charge in [0, 0.05) is 41.5 Å². The van der Waals surface area contributed by atoms with E-state index >= 15 is 0 Å². The van der Waals surface area contributed by atoms with Crippen LogP contribution in [0.15, 0.2) is 71.6 Å². The Morgan fingerprint density at radius 1 is 1.13 bits per heavy atom. The van der Waals surface area contributed by atoms with Gasteiger partial charge in [-0.05, 0) is 48.4 Å². The number of aromatic nitrogens is 1. The maximum atomic E-state index is 11.4. The summed E-state index contributed by atoms with van der Waals surface area (Å²) >= 11 is 0. The van der Waals surface area contributed by atoms with E-state index in [1.54, 1.807) is 12.5 Å². The first-order chi connectivity index (χ1) is 15.2. The van der Waals surface area contributed by atoms with Gasteiger partial charge in [0.15, 0.2) is 0 Å². The second kappa shape index (κ2) is 8.02. The molecule has 31 heavy (non-hydrogen) atoms. The Labute approximate surface area is 178 Å². The lowest BCUT2D eigenvalue weighted by molar-refractivity contribution is 0.0697. The molecule has 0 saturated carbocycles. The van der Waals surface area contributed by atoms with Gasteiger partial charge in [0.05, 0.1) is 30.3 Å². The van der Waals surface area contributed by atoms with E-state index in [0.717, 1.165) is 40.1 Å². The highest BCUT2D eigenvalue weighted by atomic mass is 16.5. The highest BCUT2D eigenvalue weighted by Gasteiger charge is 2.22. The van der Waals surface area contributed by atoms with Crippen molar-refractivity contribution in [3.05, 3.63) is 78.3 Å². The van der Waals surface area contributed by atoms with E-state index < -0.39 is 5.97 Å². The molecule has 7 nitrogen and oxygen atoms in total. The number of nitrogens with zero attached hydrogens (tertiary/aromatic N) is 1. The molecule has 0 fully saturated rings. The van der Waals surface area contributed by atoms with E-state index in [1.165, 1.54) is 12.3 Å². The highest BCUT2D eigenvalue weighted by molar-refractivity contribution is 5.93. The number of carboxylic acids is 1. The average Bonchev–Trinajstić information content (AvgIpc) is 3.25. The molecule has 1 aliphatic heterocycles. The lowest BCUT2D eigenvalue weighted by atomic mass is 9.92. The van der Waals surface area contributed by atoms with Crippen LogP contribution in [0.25, 0.3) is 11.0 Å². The maximum Gasteiger partial charge on any atom is 0.337 e. The number of hydrogen-bond donors (Lipinski definition) is 3. The van der Waals surface area contributed by atoms with E-state index in [4.69, 9.17) is 9.15 Å². The van der Waals surface area contributed by atoms with E-state index in [2.05, 4.69) is 21.7 Å². The van der Waals surface area contributed by atoms with Crippen molar-refractivity contribution in [2.75, 3.05) is 23.8 Å². The van der Waals surface area contributed by atoms with Crippen LogP contribution < -0.4 is 15.4 Å². The molecule has 2 aromatic heterocycles. The topological polar surface area (TPSA) is 96.6 Å². The molecule has 7 heteroatoms. The first-order valence-corrected chi connectivity index (χ1v) is 10.1. The van der Waals surface area contributed by atoms with Gasteiger partial charge in [-0.3, -0.25) is 4.98 Å². The summed E-state index contributed by atoms with van der Waals surface area (Å²) in [6, 6.07) is 15.5. The van der Waals surface area contributed by atoms with Gasteiger partial charge in [-0.1, -0.05) is 6.07 Å². The van der Waals surface area contributed by atoms with Crippen molar-refractivity contribution in [3.8, 4) is 5.75 Å². The number of aromatic carboxylic acids is 1. The second-order valence-corrected chi connectivity index (χ2v) is 7.49. The van der Waals surface area contributed by atoms with Gasteiger partial charge < -0.3 is 24.9 Å². The van der Waals surface area contributed by atoms with Crippen LogP contribution >= 0.6 is 0 Å². The third-order valence-electron chi connectivity index (χ3n) is 5.51. The lowest BCUT2D eigenvalue weighted by Gasteiger charge is -2.27. The number of pyridine rings is 1. The molecule has 0 saturated heterocycles. The van der Waals surface area contributed by atoms with Gasteiger partial charge in [-0.15, -0.1) is 0 Å². The van der Waals surface area contributed by atoms with Gasteiger partial charge in [0.25, 0.3) is 0 Å². The van der Waals surface area contributed by atoms with E-state index in [1.807, 2.05) is 36.4 Å². The molecular formula is C24H21N3O4. The normalized spacial score (nSPS) is 15.2. The Kier molecular flexibility index (Phi) is 4.92. The molecule has 2 aromatic carbocycles. The summed E-state index contributed by atoms with van der Waals surface area (Å²) in [6.45, 7) is 1.22. The summed E-state index contributed by atoms with van der Waals surface area (Å²) < 4.78 is 11.3. The van der Waals surface area contributed by atoms with Gasteiger partial charge >= 0.3 is 5.97 Å². The van der Waals surface area contributed by atoms with Crippen LogP contribution in [-0.2, 0) is 0 Å². The fourth-order valence-electron chi connectivity index (χ4n) is 3.92. The zero-order chi connectivity index (χ0) is 21.2. The number of carbonyl (C=O) groups is 1. The second-order valence-electron chi connectivity index (χ2n) is 7.49. The summed E-state index contributed by atoms with van der Waals surface area (Å²) in [5.74, 6) is 0.0839. The summed E-state index contributed by atoms with van der Waals surface area (Å²) in [5.41, 5.74) is 4.62. The van der Waals surface area contributed by atoms with Crippen LogP contribution in [0.2, 0.25) is 0 Å². The van der Waals surface area contributed by atoms with Gasteiger partial charge in [-0.25, -0.2) is 4.79 Å². The largest absolute Gasteiger partial charge is 0.493 e. The summed E-state index contributed by atoms with van der Waals surface area (Å²) in [5, 5.41) is 17.1. The number of furan rings is 1. The minimum Gasteiger partial charge on any atom is -0.493 e. The van der Waals surface area contributed by atoms with Gasteiger partial charge in [0.2, 0.25) is 0 Å². The summed E-state index contributed by atoms with van der Waals surface area (Å²) in [6.07, 6.45) is 5.57. The quantitative estimate of drug-likeness (QED) is 0.396. The Hall–Kier alpha value is -4.00. The van der Waals surface area contributed by atoms with Crippen molar-refractivity contribution in [2.24, 2.45) is 0 Å². The van der Waals surface area contributed by atoms with Crippen LogP contribution in [0.4, 0.5) is 17.1 Å². The lowest BCUT2D eigenvalue weighted by Crippen LogP contribution is -2.21. The van der Waals surface area contributed by atoms with Crippen molar-refractivity contribution < 1.29 is 19.1 Å². The molecule has 3 N–H and O–H groups in total. The van der Waals surface area contributed by atoms with Crippen molar-refractivity contribution in [1.82, 2.24) is 4.98 Å². The third-order valence-corrected chi connectivity index (χ3v) is 5.51. The molecule has 156 valence electrons. The average molecular weight is 415 g/mol. The molecule has 0 unspecified atom stereocenters. The molecule has 0 spiro atoms. The minimum absolute atomic E-state index is 0.210. The number of nitrogens with one attached hydrogen (secondary N) is 2. The third kappa shape index (κ3) is 3.90. The number of hydrogen-bond acceptors (Lipinski definition) is 6. The number of rotatable bonds is 6. The molecule has 0 aliphatic carbocycles. The molecule has 4 aromatic rings. The molecule has 0 amide bonds. The molecule has 1 aliphatic rings. The van der Waals surface area contributed by atoms with Crippen molar-refractivity contribution >= 4 is 34.0 Å². The van der Waals surface area contributed by atoms with E-state index in [9.17, 15) is 9.90 Å². The van der Waals surface area contributed by atoms with Crippen LogP contribution in [0.5, 0.6) is 5.75 Å². The summed E-state index contributed by atoms with van der Waals surface area (Å²) in [7, 11) is 0. The fourth-order valence-corrected chi connectivity index (χ4v) is 3.92. The Balaban J connectivity index is 1.32. The zero-order valence-electron chi connectivity index (χ0n) is 16.7. The van der Waals surface area contributed by atoms with E-state index in [-0.39, 0.29) is 11.5 Å². The molecule has 0 radical (unpaired) electrons. The number of anilines is 3. The molecule has 0 bridgehead atoms. The Morgan fingerprint density at radius 3 is 2.90 bits per heavy atom. The number of fused-ring (bicyclic) bond motifs is 2. The van der Waals surface area contributed by atoms with Crippen LogP contribution in [-0.4, -0.2) is 29.2 Å². The predicted octanol–water partition coefficient (Wildman–Crippen LogP) is 5.25. The Morgan fingerprint density at radius 2 is 2.00 bits per heavy atom. The maximum absolute atomic E-state index is 11.4. The smallest absolute Gasteiger partial charge is 0.337 e. The fraction of sp³-hybridized carbons (Fsp3) is 0.167. The van der Waals surface area contributed by atoms with Gasteiger partial charge in [-0.2, -0.15) is 0 Å². The van der Waals surface area contributed by atoms with E-state index in [0.29, 0.717) is 18.8 Å². The van der Waals surface area contributed by atoms with Crippen molar-refractivity contribution in [1.29, 1.82) is 0 Å². The number of benzene rings is 2. The monoisotopic (exact) mass is 415 g/mol. The number of carboxylic acid groups (broad SMARTS) is 1. The standard InChI is InChI=1S/C24H21N3O4/c28-24(29)20-5-8-25-14-21(20)26-13-16-7-10-31-23-12-18(1-3-19(16)23)27-17-2-4-22-15(11-17)6-9-30-22/h1-6,8-9,11-12,14,16,26-27H,7,10,13H2,(H,28,29)/t16-/m0/s1. The Bertz CT molecular complexity index is 1250. The van der Waals surface area contributed by atoms with Gasteiger partial charge in [0.1, 0.15) is 11.3 Å². The molecule has 1 atom stereocenters. The predicted molar refractivity (Wildman–Crippen MR) is 118 cm³/mol. The SMILES string of the molecule is O=C(O)c1ccncc1NC[C@@H]1CCOc2cc(Nc3ccc4occc4c3)ccc21. The molecule has 3 heterocycles. The van der Waals surface area contributed by atoms with Crippen LogP contribution in [0.1, 0.15) is 28.3 Å². The first kappa shape index (κ1) is 19.0.